The van der Waals surface area contributed by atoms with Crippen LogP contribution in [0.1, 0.15) is 24.0 Å². The number of likely N-dealkylation sites (N-methyl/N-ethyl adjacent to an activating group) is 1. The molecule has 0 bridgehead atoms. The van der Waals surface area contributed by atoms with Gasteiger partial charge in [0, 0.05) is 19.3 Å². The van der Waals surface area contributed by atoms with E-state index in [2.05, 4.69) is 35.1 Å². The van der Waals surface area contributed by atoms with Gasteiger partial charge in [-0.1, -0.05) is 12.1 Å². The number of isocyanates is 1. The van der Waals surface area contributed by atoms with Crippen LogP contribution in [0.15, 0.2) is 23.2 Å². The van der Waals surface area contributed by atoms with Gasteiger partial charge in [-0.25, -0.2) is 4.79 Å². The topological polar surface area (TPSA) is 32.7 Å². The summed E-state index contributed by atoms with van der Waals surface area (Å²) in [5.41, 5.74) is 3.70. The lowest BCUT2D eigenvalue weighted by atomic mass is 9.97. The van der Waals surface area contributed by atoms with Gasteiger partial charge in [0.2, 0.25) is 6.08 Å². The van der Waals surface area contributed by atoms with E-state index in [4.69, 9.17) is 0 Å². The maximum Gasteiger partial charge on any atom is 0.235 e. The molecule has 1 heterocycles. The normalized spacial score (nSPS) is 20.2. The molecule has 0 spiro atoms. The second-order valence-corrected chi connectivity index (χ2v) is 4.71. The fourth-order valence-corrected chi connectivity index (χ4v) is 2.68. The van der Waals surface area contributed by atoms with Gasteiger partial charge in [0.25, 0.3) is 0 Å². The Balaban J connectivity index is 2.13. The standard InChI is InChI=1S/C13H14N2O/c1-15-8-5-10-11(3-2-4-12(10)15)13(6-7-13)14-9-16/h2-4H,5-8H2,1H3. The first kappa shape index (κ1) is 9.61. The molecule has 0 radical (unpaired) electrons. The van der Waals surface area contributed by atoms with Gasteiger partial charge < -0.3 is 4.90 Å². The van der Waals surface area contributed by atoms with Crippen molar-refractivity contribution >= 4 is 11.8 Å². The van der Waals surface area contributed by atoms with Gasteiger partial charge in [-0.05, 0) is 36.5 Å². The van der Waals surface area contributed by atoms with Crippen molar-refractivity contribution in [3.8, 4) is 0 Å². The molecule has 0 N–H and O–H groups in total. The lowest BCUT2D eigenvalue weighted by molar-refractivity contribution is 0.556. The third kappa shape index (κ3) is 1.22. The van der Waals surface area contributed by atoms with Crippen LogP contribution in [0.3, 0.4) is 0 Å². The second kappa shape index (κ2) is 3.19. The highest BCUT2D eigenvalue weighted by atomic mass is 16.1. The van der Waals surface area contributed by atoms with Gasteiger partial charge in [-0.2, -0.15) is 4.99 Å². The molecule has 0 unspecified atom stereocenters. The monoisotopic (exact) mass is 214 g/mol. The highest BCUT2D eigenvalue weighted by Gasteiger charge is 2.47. The summed E-state index contributed by atoms with van der Waals surface area (Å²) in [6, 6.07) is 6.33. The van der Waals surface area contributed by atoms with Crippen molar-refractivity contribution in [2.24, 2.45) is 4.99 Å². The molecule has 16 heavy (non-hydrogen) atoms. The Bertz CT molecular complexity index is 485. The zero-order chi connectivity index (χ0) is 11.2. The van der Waals surface area contributed by atoms with E-state index in [1.165, 1.54) is 16.8 Å². The van der Waals surface area contributed by atoms with Gasteiger partial charge >= 0.3 is 0 Å². The molecule has 3 rings (SSSR count). The number of anilines is 1. The van der Waals surface area contributed by atoms with Gasteiger partial charge in [0.15, 0.2) is 0 Å². The molecule has 1 aromatic carbocycles. The van der Waals surface area contributed by atoms with E-state index in [0.29, 0.717) is 0 Å². The van der Waals surface area contributed by atoms with E-state index in [-0.39, 0.29) is 5.54 Å². The molecule has 1 aliphatic carbocycles. The van der Waals surface area contributed by atoms with E-state index < -0.39 is 0 Å². The van der Waals surface area contributed by atoms with Gasteiger partial charge in [-0.3, -0.25) is 0 Å². The fraction of sp³-hybridized carbons (Fsp3) is 0.462. The first-order valence-corrected chi connectivity index (χ1v) is 5.69. The van der Waals surface area contributed by atoms with Crippen molar-refractivity contribution in [3.63, 3.8) is 0 Å². The molecule has 82 valence electrons. The predicted octanol–water partition coefficient (Wildman–Crippen LogP) is 2.00. The number of hydrogen-bond acceptors (Lipinski definition) is 3. The number of hydrogen-bond donors (Lipinski definition) is 0. The Morgan fingerprint density at radius 1 is 1.44 bits per heavy atom. The summed E-state index contributed by atoms with van der Waals surface area (Å²) in [7, 11) is 2.11. The number of fused-ring (bicyclic) bond motifs is 1. The maximum absolute atomic E-state index is 10.5. The van der Waals surface area contributed by atoms with E-state index in [1.54, 1.807) is 6.08 Å². The third-order valence-corrected chi connectivity index (χ3v) is 3.74. The summed E-state index contributed by atoms with van der Waals surface area (Å²) in [4.78, 5) is 16.8. The Morgan fingerprint density at radius 3 is 2.94 bits per heavy atom. The molecule has 1 aromatic rings. The highest BCUT2D eigenvalue weighted by molar-refractivity contribution is 5.63. The van der Waals surface area contributed by atoms with Crippen LogP contribution in [0.5, 0.6) is 0 Å². The van der Waals surface area contributed by atoms with Crippen LogP contribution >= 0.6 is 0 Å². The minimum atomic E-state index is -0.224. The molecular weight excluding hydrogens is 200 g/mol. The molecule has 3 nitrogen and oxygen atoms in total. The molecular formula is C13H14N2O. The molecule has 0 aromatic heterocycles. The van der Waals surface area contributed by atoms with E-state index in [9.17, 15) is 4.79 Å². The minimum Gasteiger partial charge on any atom is -0.374 e. The molecule has 0 atom stereocenters. The molecule has 0 amide bonds. The summed E-state index contributed by atoms with van der Waals surface area (Å²) < 4.78 is 0. The number of aliphatic imine (C=N–C) groups is 1. The lowest BCUT2D eigenvalue weighted by Crippen LogP contribution is -2.12. The number of benzene rings is 1. The average Bonchev–Trinajstić information content (AvgIpc) is 2.98. The number of rotatable bonds is 2. The highest BCUT2D eigenvalue weighted by Crippen LogP contribution is 2.52. The minimum absolute atomic E-state index is 0.224. The van der Waals surface area contributed by atoms with E-state index in [1.807, 2.05) is 0 Å². The molecule has 2 aliphatic rings. The lowest BCUT2D eigenvalue weighted by Gasteiger charge is -2.15. The predicted molar refractivity (Wildman–Crippen MR) is 62.4 cm³/mol. The van der Waals surface area contributed by atoms with Crippen molar-refractivity contribution < 1.29 is 4.79 Å². The van der Waals surface area contributed by atoms with Crippen molar-refractivity contribution in [2.75, 3.05) is 18.5 Å². The molecule has 1 aliphatic heterocycles. The zero-order valence-electron chi connectivity index (χ0n) is 9.36. The van der Waals surface area contributed by atoms with Crippen LogP contribution in [0.4, 0.5) is 5.69 Å². The zero-order valence-corrected chi connectivity index (χ0v) is 9.36. The molecule has 1 saturated carbocycles. The Kier molecular flexibility index (Phi) is 1.92. The molecule has 1 fully saturated rings. The molecule has 3 heteroatoms. The summed E-state index contributed by atoms with van der Waals surface area (Å²) >= 11 is 0. The smallest absolute Gasteiger partial charge is 0.235 e. The van der Waals surface area contributed by atoms with Crippen LogP contribution in [0, 0.1) is 0 Å². The largest absolute Gasteiger partial charge is 0.374 e. The van der Waals surface area contributed by atoms with E-state index >= 15 is 0 Å². The molecule has 0 saturated heterocycles. The second-order valence-electron chi connectivity index (χ2n) is 4.71. The van der Waals surface area contributed by atoms with Crippen LogP contribution < -0.4 is 4.90 Å². The van der Waals surface area contributed by atoms with Crippen molar-refractivity contribution in [1.29, 1.82) is 0 Å². The quantitative estimate of drug-likeness (QED) is 0.557. The SMILES string of the molecule is CN1CCc2c1cccc2C1(N=C=O)CC1. The van der Waals surface area contributed by atoms with Gasteiger partial charge in [0.05, 0.1) is 5.54 Å². The van der Waals surface area contributed by atoms with Crippen molar-refractivity contribution in [1.82, 2.24) is 0 Å². The van der Waals surface area contributed by atoms with E-state index in [0.717, 1.165) is 25.8 Å². The Morgan fingerprint density at radius 2 is 2.25 bits per heavy atom. The number of nitrogens with zero attached hydrogens (tertiary/aromatic N) is 2. The maximum atomic E-state index is 10.5. The van der Waals surface area contributed by atoms with Gasteiger partial charge in [0.1, 0.15) is 0 Å². The van der Waals surface area contributed by atoms with Crippen molar-refractivity contribution in [3.05, 3.63) is 29.3 Å². The van der Waals surface area contributed by atoms with Crippen LogP contribution in [-0.2, 0) is 16.8 Å². The summed E-state index contributed by atoms with van der Waals surface area (Å²) in [6.45, 7) is 1.06. The Hall–Kier alpha value is -1.60. The first-order valence-electron chi connectivity index (χ1n) is 5.69. The van der Waals surface area contributed by atoms with Crippen molar-refractivity contribution in [2.45, 2.75) is 24.8 Å². The van der Waals surface area contributed by atoms with Crippen LogP contribution in [-0.4, -0.2) is 19.7 Å². The first-order chi connectivity index (χ1) is 7.77. The number of carbonyl (C=O) groups excluding carboxylic acids is 1. The third-order valence-electron chi connectivity index (χ3n) is 3.74. The Labute approximate surface area is 94.8 Å². The average molecular weight is 214 g/mol. The van der Waals surface area contributed by atoms with Crippen LogP contribution in [0.2, 0.25) is 0 Å². The fourth-order valence-electron chi connectivity index (χ4n) is 2.68. The summed E-state index contributed by atoms with van der Waals surface area (Å²) in [6.07, 6.45) is 4.78. The summed E-state index contributed by atoms with van der Waals surface area (Å²) in [5, 5.41) is 0. The van der Waals surface area contributed by atoms with Gasteiger partial charge in [-0.15, -0.1) is 0 Å². The van der Waals surface area contributed by atoms with Crippen LogP contribution in [0.25, 0.3) is 0 Å². The summed E-state index contributed by atoms with van der Waals surface area (Å²) in [5.74, 6) is 0.